The van der Waals surface area contributed by atoms with Crippen LogP contribution in [0.25, 0.3) is 0 Å². The smallest absolute Gasteiger partial charge is 0.545 e. The topological polar surface area (TPSA) is 56.3 Å². The second kappa shape index (κ2) is 7.42. The average Bonchev–Trinajstić information content (AvgIpc) is 3.36. The minimum absolute atomic E-state index is 0. The molecule has 2 aliphatic rings. The quantitative estimate of drug-likeness (QED) is 0.722. The van der Waals surface area contributed by atoms with Gasteiger partial charge >= 0.3 is 29.6 Å². The molecule has 1 saturated carbocycles. The van der Waals surface area contributed by atoms with E-state index in [1.165, 1.54) is 40.0 Å². The minimum Gasteiger partial charge on any atom is -0.545 e. The standard InChI is InChI=1S/C22H28N2O2S.Na/c1-13-17-18(22(4,5)11-10-21(17,2)3)27-19(13)24(15-7-8-15)16-9-6-14(12-23-16)20(25)26;/h6,9,12,15H,7-8,10-11H2,1-5H3,(H,25,26);/q;+1/p-1. The van der Waals surface area contributed by atoms with Gasteiger partial charge in [0.15, 0.2) is 0 Å². The summed E-state index contributed by atoms with van der Waals surface area (Å²) >= 11 is 1.91. The van der Waals surface area contributed by atoms with E-state index in [-0.39, 0.29) is 46.0 Å². The number of anilines is 2. The van der Waals surface area contributed by atoms with Gasteiger partial charge < -0.3 is 14.8 Å². The summed E-state index contributed by atoms with van der Waals surface area (Å²) in [4.78, 5) is 19.4. The monoisotopic (exact) mass is 406 g/mol. The van der Waals surface area contributed by atoms with Crippen molar-refractivity contribution in [3.63, 3.8) is 0 Å². The maximum atomic E-state index is 11.1. The summed E-state index contributed by atoms with van der Waals surface area (Å²) in [7, 11) is 0. The van der Waals surface area contributed by atoms with E-state index in [0.717, 1.165) is 18.7 Å². The van der Waals surface area contributed by atoms with Crippen LogP contribution in [-0.2, 0) is 10.8 Å². The van der Waals surface area contributed by atoms with E-state index in [0.29, 0.717) is 6.04 Å². The second-order valence-electron chi connectivity index (χ2n) is 9.30. The SMILES string of the molecule is Cc1c(N(c2ccc(C(=O)[O-])cn2)C2CC2)sc2c1C(C)(C)CCC2(C)C.[Na+]. The van der Waals surface area contributed by atoms with Gasteiger partial charge in [0, 0.05) is 22.7 Å². The molecule has 0 amide bonds. The molecule has 0 N–H and O–H groups in total. The van der Waals surface area contributed by atoms with Crippen LogP contribution in [0.1, 0.15) is 79.7 Å². The van der Waals surface area contributed by atoms with Crippen molar-refractivity contribution in [2.24, 2.45) is 0 Å². The van der Waals surface area contributed by atoms with Gasteiger partial charge in [0.05, 0.1) is 5.97 Å². The number of hydrogen-bond donors (Lipinski definition) is 0. The van der Waals surface area contributed by atoms with Crippen molar-refractivity contribution >= 4 is 28.1 Å². The van der Waals surface area contributed by atoms with Gasteiger partial charge in [-0.15, -0.1) is 11.3 Å². The van der Waals surface area contributed by atoms with Crippen molar-refractivity contribution in [2.45, 2.75) is 77.2 Å². The first kappa shape index (κ1) is 21.8. The molecule has 4 rings (SSSR count). The molecule has 0 aromatic carbocycles. The largest absolute Gasteiger partial charge is 1.00 e. The molecule has 4 nitrogen and oxygen atoms in total. The maximum Gasteiger partial charge on any atom is 1.00 e. The van der Waals surface area contributed by atoms with E-state index in [4.69, 9.17) is 0 Å². The van der Waals surface area contributed by atoms with Crippen LogP contribution >= 0.6 is 11.3 Å². The van der Waals surface area contributed by atoms with Gasteiger partial charge in [-0.1, -0.05) is 27.7 Å². The zero-order chi connectivity index (χ0) is 19.6. The molecule has 2 aromatic rings. The number of carboxylic acid groups (broad SMARTS) is 1. The zero-order valence-electron chi connectivity index (χ0n) is 17.8. The number of hydrogen-bond acceptors (Lipinski definition) is 5. The van der Waals surface area contributed by atoms with Crippen LogP contribution in [0.2, 0.25) is 0 Å². The Hall–Kier alpha value is -0.880. The molecule has 0 atom stereocenters. The van der Waals surface area contributed by atoms with E-state index in [9.17, 15) is 9.90 Å². The molecule has 0 unspecified atom stereocenters. The Kier molecular flexibility index (Phi) is 5.78. The minimum atomic E-state index is -1.18. The number of rotatable bonds is 4. The molecule has 0 bridgehead atoms. The normalized spacial score (nSPS) is 19.5. The Bertz CT molecular complexity index is 898. The summed E-state index contributed by atoms with van der Waals surface area (Å²) in [6.45, 7) is 11.7. The van der Waals surface area contributed by atoms with Crippen LogP contribution in [0.3, 0.4) is 0 Å². The van der Waals surface area contributed by atoms with Crippen LogP contribution in [0.5, 0.6) is 0 Å². The molecule has 6 heteroatoms. The fourth-order valence-electron chi connectivity index (χ4n) is 4.33. The molecule has 0 saturated heterocycles. The third kappa shape index (κ3) is 3.67. The Balaban J connectivity index is 0.00000225. The van der Waals surface area contributed by atoms with E-state index in [1.807, 2.05) is 17.4 Å². The molecule has 144 valence electrons. The maximum absolute atomic E-state index is 11.1. The van der Waals surface area contributed by atoms with Crippen LogP contribution < -0.4 is 39.6 Å². The summed E-state index contributed by atoms with van der Waals surface area (Å²) < 4.78 is 0. The van der Waals surface area contributed by atoms with E-state index in [2.05, 4.69) is 44.5 Å². The van der Waals surface area contributed by atoms with E-state index < -0.39 is 5.97 Å². The molecule has 0 radical (unpaired) electrons. The molecule has 0 spiro atoms. The third-order valence-corrected chi connectivity index (χ3v) is 7.81. The Morgan fingerprint density at radius 1 is 1.18 bits per heavy atom. The average molecular weight is 407 g/mol. The van der Waals surface area contributed by atoms with E-state index in [1.54, 1.807) is 6.07 Å². The summed E-state index contributed by atoms with van der Waals surface area (Å²) in [5.41, 5.74) is 3.38. The summed E-state index contributed by atoms with van der Waals surface area (Å²) in [5.74, 6) is -0.349. The van der Waals surface area contributed by atoms with Crippen molar-refractivity contribution in [3.05, 3.63) is 39.9 Å². The van der Waals surface area contributed by atoms with Gasteiger partial charge in [-0.25, -0.2) is 4.98 Å². The predicted molar refractivity (Wildman–Crippen MR) is 108 cm³/mol. The van der Waals surface area contributed by atoms with Gasteiger partial charge in [0.25, 0.3) is 0 Å². The van der Waals surface area contributed by atoms with E-state index >= 15 is 0 Å². The van der Waals surface area contributed by atoms with Crippen LogP contribution in [-0.4, -0.2) is 17.0 Å². The molecule has 0 aliphatic heterocycles. The number of fused-ring (bicyclic) bond motifs is 1. The van der Waals surface area contributed by atoms with Crippen LogP contribution in [0.15, 0.2) is 18.3 Å². The van der Waals surface area contributed by atoms with Gasteiger partial charge in [-0.3, -0.25) is 0 Å². The Labute approximate surface area is 193 Å². The van der Waals surface area contributed by atoms with Crippen molar-refractivity contribution in [2.75, 3.05) is 4.90 Å². The molecular weight excluding hydrogens is 379 g/mol. The first-order valence-corrected chi connectivity index (χ1v) is 10.5. The fourth-order valence-corrected chi connectivity index (χ4v) is 6.02. The number of carbonyl (C=O) groups is 1. The van der Waals surface area contributed by atoms with Crippen molar-refractivity contribution < 1.29 is 39.5 Å². The molecule has 2 heterocycles. The summed E-state index contributed by atoms with van der Waals surface area (Å²) in [6.07, 6.45) is 6.12. The fraction of sp³-hybridized carbons (Fsp3) is 0.545. The number of aromatic nitrogens is 1. The Morgan fingerprint density at radius 3 is 2.32 bits per heavy atom. The molecular formula is C22H27N2NaO2S. The van der Waals surface area contributed by atoms with Crippen molar-refractivity contribution in [3.8, 4) is 0 Å². The zero-order valence-corrected chi connectivity index (χ0v) is 20.6. The van der Waals surface area contributed by atoms with Gasteiger partial charge in [-0.2, -0.15) is 0 Å². The van der Waals surface area contributed by atoms with Gasteiger partial charge in [0.1, 0.15) is 10.8 Å². The summed E-state index contributed by atoms with van der Waals surface area (Å²) in [6, 6.07) is 3.87. The predicted octanol–water partition coefficient (Wildman–Crippen LogP) is 1.47. The van der Waals surface area contributed by atoms with Crippen molar-refractivity contribution in [1.29, 1.82) is 0 Å². The van der Waals surface area contributed by atoms with Crippen LogP contribution in [0, 0.1) is 6.92 Å². The van der Waals surface area contributed by atoms with Crippen LogP contribution in [0.4, 0.5) is 10.8 Å². The number of carbonyl (C=O) groups excluding carboxylic acids is 1. The second-order valence-corrected chi connectivity index (χ2v) is 10.3. The number of thiophene rings is 1. The molecule has 2 aliphatic carbocycles. The van der Waals surface area contributed by atoms with Gasteiger partial charge in [-0.05, 0) is 66.7 Å². The first-order valence-electron chi connectivity index (χ1n) is 9.73. The Morgan fingerprint density at radius 2 is 1.82 bits per heavy atom. The number of carboxylic acids is 1. The molecule has 28 heavy (non-hydrogen) atoms. The first-order chi connectivity index (χ1) is 12.6. The molecule has 2 aromatic heterocycles. The van der Waals surface area contributed by atoms with Crippen molar-refractivity contribution in [1.82, 2.24) is 4.98 Å². The molecule has 1 fully saturated rings. The summed E-state index contributed by atoms with van der Waals surface area (Å²) in [5, 5.41) is 12.3. The number of aromatic carboxylic acids is 1. The number of nitrogens with zero attached hydrogens (tertiary/aromatic N) is 2. The third-order valence-electron chi connectivity index (χ3n) is 6.15. The number of pyridine rings is 1. The van der Waals surface area contributed by atoms with Gasteiger partial charge in [0.2, 0.25) is 0 Å².